The second kappa shape index (κ2) is 6.79. The Labute approximate surface area is 133 Å². The summed E-state index contributed by atoms with van der Waals surface area (Å²) in [6, 6.07) is 0. The third-order valence-electron chi connectivity index (χ3n) is 3.34. The molecule has 0 saturated heterocycles. The number of fused-ring (bicyclic) bond motifs is 1. The Morgan fingerprint density at radius 1 is 1.41 bits per heavy atom. The van der Waals surface area contributed by atoms with Gasteiger partial charge in [0.1, 0.15) is 0 Å². The van der Waals surface area contributed by atoms with E-state index in [-0.39, 0.29) is 0 Å². The highest BCUT2D eigenvalue weighted by atomic mass is 32.2. The van der Waals surface area contributed by atoms with Crippen molar-refractivity contribution in [1.29, 1.82) is 0 Å². The highest BCUT2D eigenvalue weighted by molar-refractivity contribution is 8.11. The molecule has 2 heterocycles. The number of rotatable bonds is 5. The van der Waals surface area contributed by atoms with Gasteiger partial charge in [0.2, 0.25) is 0 Å². The molecule has 0 unspecified atom stereocenters. The molecule has 116 valence electrons. The van der Waals surface area contributed by atoms with Gasteiger partial charge in [-0.2, -0.15) is 5.10 Å². The van der Waals surface area contributed by atoms with Gasteiger partial charge < -0.3 is 5.11 Å². The van der Waals surface area contributed by atoms with Crippen molar-refractivity contribution in [2.45, 2.75) is 34.1 Å². The first-order chi connectivity index (χ1) is 10.4. The van der Waals surface area contributed by atoms with E-state index in [9.17, 15) is 4.79 Å². The van der Waals surface area contributed by atoms with Crippen molar-refractivity contribution in [3.8, 4) is 0 Å². The summed E-state index contributed by atoms with van der Waals surface area (Å²) < 4.78 is 1.75. The molecule has 0 atom stereocenters. The van der Waals surface area contributed by atoms with Gasteiger partial charge in [-0.05, 0) is 38.2 Å². The fourth-order valence-electron chi connectivity index (χ4n) is 1.88. The lowest BCUT2D eigenvalue weighted by Gasteiger charge is -2.08. The maximum atomic E-state index is 11.0. The molecular weight excluding hydrogens is 298 g/mol. The number of carbonyl (C=O) groups is 1. The molecule has 0 aliphatic carbocycles. The number of aromatic nitrogens is 3. The summed E-state index contributed by atoms with van der Waals surface area (Å²) in [6.07, 6.45) is 6.40. The van der Waals surface area contributed by atoms with Crippen molar-refractivity contribution in [3.63, 3.8) is 0 Å². The molecule has 0 spiro atoms. The molecular formula is C16H19N3O2S. The quantitative estimate of drug-likeness (QED) is 0.847. The van der Waals surface area contributed by atoms with Crippen molar-refractivity contribution < 1.29 is 9.90 Å². The van der Waals surface area contributed by atoms with Crippen LogP contribution in [0.25, 0.3) is 10.6 Å². The minimum Gasteiger partial charge on any atom is -0.478 e. The van der Waals surface area contributed by atoms with E-state index in [2.05, 4.69) is 17.0 Å². The van der Waals surface area contributed by atoms with Gasteiger partial charge in [0, 0.05) is 22.9 Å². The third kappa shape index (κ3) is 3.39. The molecule has 22 heavy (non-hydrogen) atoms. The van der Waals surface area contributed by atoms with E-state index < -0.39 is 5.97 Å². The summed E-state index contributed by atoms with van der Waals surface area (Å²) in [5.74, 6) is -0.908. The summed E-state index contributed by atoms with van der Waals surface area (Å²) in [4.78, 5) is 16.4. The number of thioether (sulfide) groups is 1. The van der Waals surface area contributed by atoms with Crippen LogP contribution in [0.4, 0.5) is 0 Å². The average molecular weight is 317 g/mol. The van der Waals surface area contributed by atoms with Crippen molar-refractivity contribution in [1.82, 2.24) is 14.6 Å². The van der Waals surface area contributed by atoms with Crippen LogP contribution in [0.2, 0.25) is 0 Å². The summed E-state index contributed by atoms with van der Waals surface area (Å²) >= 11 is 1.41. The van der Waals surface area contributed by atoms with Gasteiger partial charge in [-0.15, -0.1) is 0 Å². The first kappa shape index (κ1) is 16.3. The van der Waals surface area contributed by atoms with E-state index >= 15 is 0 Å². The Balaban J connectivity index is 2.50. The fraction of sp³-hybridized carbons (Fsp3) is 0.312. The number of carboxylic acid groups (broad SMARTS) is 1. The van der Waals surface area contributed by atoms with Gasteiger partial charge in [-0.25, -0.2) is 14.3 Å². The number of hydrogen-bond donors (Lipinski definition) is 1. The van der Waals surface area contributed by atoms with Crippen molar-refractivity contribution in [3.05, 3.63) is 46.3 Å². The molecule has 6 heteroatoms. The predicted octanol–water partition coefficient (Wildman–Crippen LogP) is 3.90. The molecule has 2 aromatic rings. The number of hydrogen-bond acceptors (Lipinski definition) is 4. The average Bonchev–Trinajstić information content (AvgIpc) is 2.89. The fourth-order valence-corrected chi connectivity index (χ4v) is 2.89. The smallest absolute Gasteiger partial charge is 0.331 e. The maximum Gasteiger partial charge on any atom is 0.331 e. The van der Waals surface area contributed by atoms with Crippen LogP contribution >= 0.6 is 11.8 Å². The minimum absolute atomic E-state index is 0.312. The lowest BCUT2D eigenvalue weighted by molar-refractivity contribution is -0.132. The monoisotopic (exact) mass is 317 g/mol. The second-order valence-corrected chi connectivity index (χ2v) is 6.02. The van der Waals surface area contributed by atoms with E-state index in [0.29, 0.717) is 5.57 Å². The lowest BCUT2D eigenvalue weighted by atomic mass is 10.1. The third-order valence-corrected chi connectivity index (χ3v) is 4.61. The van der Waals surface area contributed by atoms with E-state index in [1.165, 1.54) is 17.3 Å². The van der Waals surface area contributed by atoms with Gasteiger partial charge in [-0.3, -0.25) is 0 Å². The van der Waals surface area contributed by atoms with Gasteiger partial charge >= 0.3 is 5.97 Å². The normalized spacial score (nSPS) is 13.4. The topological polar surface area (TPSA) is 67.5 Å². The largest absolute Gasteiger partial charge is 0.478 e. The van der Waals surface area contributed by atoms with Gasteiger partial charge in [-0.1, -0.05) is 24.3 Å². The molecule has 0 radical (unpaired) electrons. The Morgan fingerprint density at radius 2 is 2.14 bits per heavy atom. The van der Waals surface area contributed by atoms with Crippen LogP contribution in [0.3, 0.4) is 0 Å². The van der Waals surface area contributed by atoms with E-state index in [4.69, 9.17) is 5.11 Å². The van der Waals surface area contributed by atoms with E-state index in [0.717, 1.165) is 28.1 Å². The number of aryl methyl sites for hydroxylation is 1. The van der Waals surface area contributed by atoms with Crippen molar-refractivity contribution in [2.24, 2.45) is 0 Å². The molecule has 2 aromatic heterocycles. The Kier molecular flexibility index (Phi) is 5.03. The van der Waals surface area contributed by atoms with Crippen LogP contribution in [-0.4, -0.2) is 25.7 Å². The minimum atomic E-state index is -0.908. The molecule has 5 nitrogen and oxygen atoms in total. The molecule has 0 fully saturated rings. The molecule has 0 amide bonds. The number of nitrogens with zero attached hydrogens (tertiary/aromatic N) is 3. The molecule has 0 saturated carbocycles. The van der Waals surface area contributed by atoms with Crippen LogP contribution in [-0.2, 0) is 4.79 Å². The predicted molar refractivity (Wildman–Crippen MR) is 89.6 cm³/mol. The Hall–Kier alpha value is -2.08. The molecule has 0 bridgehead atoms. The SMILES string of the molecule is CC/C(C)=C(\S/C=C(\C)C(=O)O)c1cnn2cc(C)cnc12. The van der Waals surface area contributed by atoms with Gasteiger partial charge in [0.05, 0.1) is 11.8 Å². The number of carboxylic acids is 1. The van der Waals surface area contributed by atoms with Crippen molar-refractivity contribution >= 4 is 28.3 Å². The zero-order chi connectivity index (χ0) is 16.3. The standard InChI is InChI=1S/C16H19N3O2S/c1-5-11(3)14(22-9-12(4)16(20)21)13-7-18-19-8-10(2)6-17-15(13)19/h6-9H,5H2,1-4H3,(H,20,21)/b12-9+,14-11-. The number of allylic oxidation sites excluding steroid dienone is 1. The van der Waals surface area contributed by atoms with Crippen LogP contribution in [0.5, 0.6) is 0 Å². The van der Waals surface area contributed by atoms with Gasteiger partial charge in [0.25, 0.3) is 0 Å². The van der Waals surface area contributed by atoms with Crippen LogP contribution < -0.4 is 0 Å². The maximum absolute atomic E-state index is 11.0. The summed E-state index contributed by atoms with van der Waals surface area (Å²) in [7, 11) is 0. The molecule has 2 rings (SSSR count). The van der Waals surface area contributed by atoms with Crippen LogP contribution in [0.1, 0.15) is 38.3 Å². The Morgan fingerprint density at radius 3 is 2.77 bits per heavy atom. The zero-order valence-electron chi connectivity index (χ0n) is 13.1. The van der Waals surface area contributed by atoms with Crippen molar-refractivity contribution in [2.75, 3.05) is 0 Å². The van der Waals surface area contributed by atoms with Gasteiger partial charge in [0.15, 0.2) is 5.65 Å². The molecule has 0 aliphatic rings. The van der Waals surface area contributed by atoms with E-state index in [1.54, 1.807) is 23.0 Å². The highest BCUT2D eigenvalue weighted by Gasteiger charge is 2.13. The molecule has 1 N–H and O–H groups in total. The highest BCUT2D eigenvalue weighted by Crippen LogP contribution is 2.35. The lowest BCUT2D eigenvalue weighted by Crippen LogP contribution is -1.95. The first-order valence-electron chi connectivity index (χ1n) is 7.00. The second-order valence-electron chi connectivity index (χ2n) is 5.14. The molecule has 0 aliphatic heterocycles. The summed E-state index contributed by atoms with van der Waals surface area (Å²) in [5, 5.41) is 15.0. The molecule has 0 aromatic carbocycles. The number of aliphatic carboxylic acids is 1. The first-order valence-corrected chi connectivity index (χ1v) is 7.88. The Bertz CT molecular complexity index is 775. The zero-order valence-corrected chi connectivity index (χ0v) is 13.9. The van der Waals surface area contributed by atoms with E-state index in [1.807, 2.05) is 26.2 Å². The summed E-state index contributed by atoms with van der Waals surface area (Å²) in [6.45, 7) is 7.68. The van der Waals surface area contributed by atoms with Crippen LogP contribution in [0.15, 0.2) is 35.1 Å². The summed E-state index contributed by atoms with van der Waals surface area (Å²) in [5.41, 5.74) is 4.23. The van der Waals surface area contributed by atoms with Crippen LogP contribution in [0, 0.1) is 6.92 Å².